The van der Waals surface area contributed by atoms with E-state index in [9.17, 15) is 9.18 Å². The number of aromatic nitrogens is 2. The molecule has 0 aliphatic heterocycles. The van der Waals surface area contributed by atoms with Crippen LogP contribution in [0.1, 0.15) is 49.0 Å². The molecule has 30 heavy (non-hydrogen) atoms. The monoisotopic (exact) mass is 406 g/mol. The third kappa shape index (κ3) is 2.97. The Morgan fingerprint density at radius 3 is 2.37 bits per heavy atom. The van der Waals surface area contributed by atoms with Crippen LogP contribution in [0.4, 0.5) is 4.39 Å². The smallest absolute Gasteiger partial charge is 0.391 e. The van der Waals surface area contributed by atoms with Gasteiger partial charge in [0, 0.05) is 5.54 Å². The van der Waals surface area contributed by atoms with Crippen molar-refractivity contribution < 1.29 is 18.3 Å². The zero-order valence-corrected chi connectivity index (χ0v) is 16.7. The fourth-order valence-electron chi connectivity index (χ4n) is 6.48. The number of hydrogen-bond donors (Lipinski definition) is 2. The summed E-state index contributed by atoms with van der Waals surface area (Å²) in [4.78, 5) is 16.6. The number of carbonyl (C=O) groups excluding carboxylic acids is 1. The molecule has 4 saturated carbocycles. The minimum atomic E-state index is -0.318. The molecular weight excluding hydrogens is 381 g/mol. The number of pyridine rings is 1. The Labute approximate surface area is 174 Å². The number of hydrogen-bond acceptors (Lipinski definition) is 2. The second kappa shape index (κ2) is 6.56. The zero-order chi connectivity index (χ0) is 20.3. The van der Waals surface area contributed by atoms with Gasteiger partial charge in [-0.15, -0.1) is 0 Å². The van der Waals surface area contributed by atoms with Crippen molar-refractivity contribution in [2.24, 2.45) is 17.8 Å². The maximum absolute atomic E-state index is 13.4. The van der Waals surface area contributed by atoms with Crippen molar-refractivity contribution in [3.63, 3.8) is 0 Å². The number of ether oxygens (including phenoxy) is 1. The Bertz CT molecular complexity index is 1090. The highest BCUT2D eigenvalue weighted by molar-refractivity contribution is 5.98. The number of benzene rings is 1. The predicted molar refractivity (Wildman–Crippen MR) is 109 cm³/mol. The number of rotatable bonds is 4. The van der Waals surface area contributed by atoms with E-state index in [-0.39, 0.29) is 17.3 Å². The van der Waals surface area contributed by atoms with Crippen molar-refractivity contribution in [1.82, 2.24) is 10.3 Å². The van der Waals surface area contributed by atoms with Crippen LogP contribution in [-0.4, -0.2) is 16.4 Å². The topological polar surface area (TPSA) is 58.2 Å². The summed E-state index contributed by atoms with van der Waals surface area (Å²) < 4.78 is 21.0. The lowest BCUT2D eigenvalue weighted by Gasteiger charge is -2.56. The summed E-state index contributed by atoms with van der Waals surface area (Å²) >= 11 is 0. The van der Waals surface area contributed by atoms with E-state index in [1.807, 2.05) is 28.8 Å². The number of aromatic amines is 1. The number of H-pyrrole nitrogens is 1. The molecule has 5 nitrogen and oxygen atoms in total. The van der Waals surface area contributed by atoms with Gasteiger partial charge in [0.05, 0.1) is 0 Å². The molecule has 0 atom stereocenters. The van der Waals surface area contributed by atoms with Gasteiger partial charge in [0.25, 0.3) is 5.91 Å². The highest BCUT2D eigenvalue weighted by atomic mass is 19.1. The van der Waals surface area contributed by atoms with Gasteiger partial charge in [-0.25, -0.2) is 4.39 Å². The largest absolute Gasteiger partial charge is 0.465 e. The van der Waals surface area contributed by atoms with E-state index in [0.29, 0.717) is 17.5 Å². The van der Waals surface area contributed by atoms with Gasteiger partial charge in [-0.05, 0) is 92.7 Å². The Hall–Kier alpha value is -2.89. The third-order valence-electron chi connectivity index (χ3n) is 7.24. The van der Waals surface area contributed by atoms with Crippen LogP contribution in [0.2, 0.25) is 0 Å². The molecule has 4 fully saturated rings. The van der Waals surface area contributed by atoms with Crippen LogP contribution >= 0.6 is 0 Å². The molecule has 0 unspecified atom stereocenters. The van der Waals surface area contributed by atoms with Gasteiger partial charge in [-0.3, -0.25) is 4.79 Å². The summed E-state index contributed by atoms with van der Waals surface area (Å²) in [5.41, 5.74) is 1.21. The van der Waals surface area contributed by atoms with Crippen LogP contribution in [0.25, 0.3) is 5.52 Å². The standard InChI is InChI=1S/C24H24FN3O2/c25-18-4-6-19(7-5-18)30-23-26-21(20-3-1-2-8-28(20)23)22(29)27-24-12-15-9-16(13-24)11-17(10-15)14-24/h1-8,15-17H,9-14H2,(H,27,29)/p+1. The lowest BCUT2D eigenvalue weighted by Crippen LogP contribution is -2.59. The van der Waals surface area contributed by atoms with E-state index in [0.717, 1.165) is 42.5 Å². The van der Waals surface area contributed by atoms with E-state index in [1.165, 1.54) is 31.4 Å². The van der Waals surface area contributed by atoms with E-state index in [2.05, 4.69) is 10.3 Å². The SMILES string of the molecule is O=C(NC12CC3CC(CC(C3)C1)C2)c1[nH]c(Oc2ccc(F)cc2)[n+]2ccccc12. The number of carbonyl (C=O) groups is 1. The minimum absolute atomic E-state index is 0.0549. The van der Waals surface area contributed by atoms with Gasteiger partial charge in [-0.1, -0.05) is 6.07 Å². The van der Waals surface area contributed by atoms with Crippen molar-refractivity contribution in [3.05, 3.63) is 60.2 Å². The second-order valence-corrected chi connectivity index (χ2v) is 9.47. The van der Waals surface area contributed by atoms with E-state index >= 15 is 0 Å². The zero-order valence-electron chi connectivity index (χ0n) is 16.7. The molecule has 0 saturated heterocycles. The molecular formula is C24H25FN3O2+. The molecule has 3 aromatic rings. The fraction of sp³-hybridized carbons (Fsp3) is 0.417. The van der Waals surface area contributed by atoms with Crippen LogP contribution in [0.15, 0.2) is 48.7 Å². The maximum atomic E-state index is 13.4. The molecule has 0 radical (unpaired) electrons. The highest BCUT2D eigenvalue weighted by Crippen LogP contribution is 2.55. The van der Waals surface area contributed by atoms with E-state index in [4.69, 9.17) is 4.74 Å². The Kier molecular flexibility index (Phi) is 3.92. The molecule has 2 aromatic heterocycles. The maximum Gasteiger partial charge on any atom is 0.465 e. The molecule has 0 spiro atoms. The number of fused-ring (bicyclic) bond motifs is 1. The quantitative estimate of drug-likeness (QED) is 0.632. The summed E-state index contributed by atoms with van der Waals surface area (Å²) in [6.07, 6.45) is 9.19. The van der Waals surface area contributed by atoms with Gasteiger partial charge in [-0.2, -0.15) is 9.38 Å². The Balaban J connectivity index is 1.31. The van der Waals surface area contributed by atoms with E-state index < -0.39 is 0 Å². The van der Waals surface area contributed by atoms with Crippen LogP contribution in [0.5, 0.6) is 11.8 Å². The van der Waals surface area contributed by atoms with Crippen molar-refractivity contribution in [2.45, 2.75) is 44.1 Å². The van der Waals surface area contributed by atoms with E-state index in [1.54, 1.807) is 12.1 Å². The number of nitrogens with zero attached hydrogens (tertiary/aromatic N) is 1. The molecule has 4 aliphatic carbocycles. The van der Waals surface area contributed by atoms with Crippen molar-refractivity contribution in [3.8, 4) is 11.8 Å². The molecule has 4 bridgehead atoms. The third-order valence-corrected chi connectivity index (χ3v) is 7.24. The van der Waals surface area contributed by atoms with Gasteiger partial charge in [0.2, 0.25) is 5.69 Å². The van der Waals surface area contributed by atoms with Crippen LogP contribution in [0, 0.1) is 23.6 Å². The number of amides is 1. The average molecular weight is 406 g/mol. The second-order valence-electron chi connectivity index (χ2n) is 9.47. The highest BCUT2D eigenvalue weighted by Gasteiger charge is 2.52. The van der Waals surface area contributed by atoms with Crippen LogP contribution in [-0.2, 0) is 0 Å². The molecule has 1 aromatic carbocycles. The molecule has 7 rings (SSSR count). The molecule has 4 aliphatic rings. The first-order chi connectivity index (χ1) is 14.6. The summed E-state index contributed by atoms with van der Waals surface area (Å²) in [7, 11) is 0. The summed E-state index contributed by atoms with van der Waals surface area (Å²) in [6, 6.07) is 12.0. The van der Waals surface area contributed by atoms with Crippen LogP contribution < -0.4 is 14.5 Å². The van der Waals surface area contributed by atoms with Gasteiger partial charge in [0.1, 0.15) is 17.8 Å². The number of nitrogens with one attached hydrogen (secondary N) is 2. The Morgan fingerprint density at radius 1 is 1.03 bits per heavy atom. The summed E-state index contributed by atoms with van der Waals surface area (Å²) in [6.45, 7) is 0. The minimum Gasteiger partial charge on any atom is -0.391 e. The van der Waals surface area contributed by atoms with Crippen molar-refractivity contribution >= 4 is 11.4 Å². The molecule has 1 amide bonds. The number of halogens is 1. The Morgan fingerprint density at radius 2 is 1.70 bits per heavy atom. The van der Waals surface area contributed by atoms with Gasteiger partial charge < -0.3 is 10.1 Å². The number of imidazole rings is 1. The van der Waals surface area contributed by atoms with Crippen molar-refractivity contribution in [1.29, 1.82) is 0 Å². The molecule has 154 valence electrons. The lowest BCUT2D eigenvalue weighted by molar-refractivity contribution is -0.519. The predicted octanol–water partition coefficient (Wildman–Crippen LogP) is 4.38. The van der Waals surface area contributed by atoms with Gasteiger partial charge in [0.15, 0.2) is 5.52 Å². The van der Waals surface area contributed by atoms with Crippen LogP contribution in [0.3, 0.4) is 0 Å². The summed E-state index contributed by atoms with van der Waals surface area (Å²) in [5, 5.41) is 3.43. The first kappa shape index (κ1) is 17.9. The van der Waals surface area contributed by atoms with Crippen molar-refractivity contribution in [2.75, 3.05) is 0 Å². The molecule has 2 N–H and O–H groups in total. The normalized spacial score (nSPS) is 29.3. The summed E-state index contributed by atoms with van der Waals surface area (Å²) in [5.74, 6) is 2.41. The first-order valence-corrected chi connectivity index (χ1v) is 10.9. The average Bonchev–Trinajstić information content (AvgIpc) is 3.07. The lowest BCUT2D eigenvalue weighted by atomic mass is 9.53. The fourth-order valence-corrected chi connectivity index (χ4v) is 6.48. The molecule has 6 heteroatoms. The van der Waals surface area contributed by atoms with Gasteiger partial charge >= 0.3 is 6.01 Å². The first-order valence-electron chi connectivity index (χ1n) is 10.9. The molecule has 2 heterocycles.